The molecule has 1 aliphatic carbocycles. The van der Waals surface area contributed by atoms with E-state index in [1.165, 1.54) is 10.6 Å². The van der Waals surface area contributed by atoms with Crippen molar-refractivity contribution in [2.45, 2.75) is 44.9 Å². The standard InChI is InChI=1S/C15H26N2O5S/c1-23(21,22)17-9-7-16(8-10-17)13(18)11-15(12-14(19)20)5-3-2-4-6-15/h2-12H2,1H3,(H,19,20). The Morgan fingerprint density at radius 3 is 2.04 bits per heavy atom. The Hall–Kier alpha value is -1.15. The van der Waals surface area contributed by atoms with Crippen LogP contribution in [-0.2, 0) is 19.6 Å². The fourth-order valence-electron chi connectivity index (χ4n) is 3.74. The Labute approximate surface area is 137 Å². The van der Waals surface area contributed by atoms with Crippen molar-refractivity contribution in [1.82, 2.24) is 9.21 Å². The first-order valence-corrected chi connectivity index (χ1v) is 10.0. The molecule has 23 heavy (non-hydrogen) atoms. The molecule has 0 aromatic rings. The predicted octanol–water partition coefficient (Wildman–Crippen LogP) is 0.905. The van der Waals surface area contributed by atoms with Gasteiger partial charge in [-0.1, -0.05) is 19.3 Å². The van der Waals surface area contributed by atoms with Gasteiger partial charge in [0.15, 0.2) is 0 Å². The SMILES string of the molecule is CS(=O)(=O)N1CCN(C(=O)CC2(CC(=O)O)CCCCC2)CC1. The molecule has 0 spiro atoms. The third kappa shape index (κ3) is 4.91. The summed E-state index contributed by atoms with van der Waals surface area (Å²) in [7, 11) is -3.21. The second kappa shape index (κ2) is 7.17. The zero-order valence-electron chi connectivity index (χ0n) is 13.7. The second-order valence-corrected chi connectivity index (χ2v) is 8.83. The van der Waals surface area contributed by atoms with E-state index in [4.69, 9.17) is 0 Å². The second-order valence-electron chi connectivity index (χ2n) is 6.85. The number of carbonyl (C=O) groups excluding carboxylic acids is 1. The molecule has 0 bridgehead atoms. The summed E-state index contributed by atoms with van der Waals surface area (Å²) in [6, 6.07) is 0. The molecule has 0 unspecified atom stereocenters. The van der Waals surface area contributed by atoms with Gasteiger partial charge in [0.25, 0.3) is 0 Å². The normalized spacial score (nSPS) is 22.7. The molecular formula is C15H26N2O5S. The van der Waals surface area contributed by atoms with Crippen LogP contribution in [0.5, 0.6) is 0 Å². The highest BCUT2D eigenvalue weighted by molar-refractivity contribution is 7.88. The molecule has 1 N–H and O–H groups in total. The van der Waals surface area contributed by atoms with E-state index in [2.05, 4.69) is 0 Å². The number of rotatable bonds is 5. The molecule has 1 amide bonds. The number of sulfonamides is 1. The van der Waals surface area contributed by atoms with Crippen molar-refractivity contribution in [2.24, 2.45) is 5.41 Å². The molecule has 2 fully saturated rings. The lowest BCUT2D eigenvalue weighted by atomic mass is 9.69. The third-order valence-corrected chi connectivity index (χ3v) is 6.33. The van der Waals surface area contributed by atoms with Gasteiger partial charge in [0, 0.05) is 32.6 Å². The Morgan fingerprint density at radius 1 is 1.00 bits per heavy atom. The van der Waals surface area contributed by atoms with Gasteiger partial charge >= 0.3 is 5.97 Å². The average molecular weight is 346 g/mol. The Bertz CT molecular complexity index is 546. The van der Waals surface area contributed by atoms with Gasteiger partial charge in [-0.15, -0.1) is 0 Å². The average Bonchev–Trinajstić information content (AvgIpc) is 2.46. The summed E-state index contributed by atoms with van der Waals surface area (Å²) in [5.74, 6) is -0.886. The number of hydrogen-bond donors (Lipinski definition) is 1. The van der Waals surface area contributed by atoms with Gasteiger partial charge in [-0.2, -0.15) is 4.31 Å². The lowest BCUT2D eigenvalue weighted by Crippen LogP contribution is -2.51. The van der Waals surface area contributed by atoms with E-state index in [1.807, 2.05) is 0 Å². The van der Waals surface area contributed by atoms with Gasteiger partial charge in [0.1, 0.15) is 0 Å². The predicted molar refractivity (Wildman–Crippen MR) is 85.4 cm³/mol. The molecule has 0 aromatic carbocycles. The van der Waals surface area contributed by atoms with Crippen molar-refractivity contribution in [3.8, 4) is 0 Å². The van der Waals surface area contributed by atoms with Crippen molar-refractivity contribution in [3.63, 3.8) is 0 Å². The minimum Gasteiger partial charge on any atom is -0.481 e. The topological polar surface area (TPSA) is 95.0 Å². The van der Waals surface area contributed by atoms with E-state index in [-0.39, 0.29) is 18.7 Å². The van der Waals surface area contributed by atoms with Gasteiger partial charge < -0.3 is 10.0 Å². The first kappa shape index (κ1) is 18.2. The van der Waals surface area contributed by atoms with Gasteiger partial charge in [0.2, 0.25) is 15.9 Å². The number of carboxylic acids is 1. The fourth-order valence-corrected chi connectivity index (χ4v) is 4.57. The third-order valence-electron chi connectivity index (χ3n) is 5.03. The van der Waals surface area contributed by atoms with E-state index < -0.39 is 21.4 Å². The first-order valence-electron chi connectivity index (χ1n) is 8.17. The summed E-state index contributed by atoms with van der Waals surface area (Å²) in [6.07, 6.45) is 6.10. The summed E-state index contributed by atoms with van der Waals surface area (Å²) in [6.45, 7) is 1.40. The van der Waals surface area contributed by atoms with Crippen LogP contribution >= 0.6 is 0 Å². The first-order chi connectivity index (χ1) is 10.7. The number of carbonyl (C=O) groups is 2. The smallest absolute Gasteiger partial charge is 0.303 e. The summed E-state index contributed by atoms with van der Waals surface area (Å²) in [4.78, 5) is 25.4. The van der Waals surface area contributed by atoms with Gasteiger partial charge in [0.05, 0.1) is 12.7 Å². The van der Waals surface area contributed by atoms with Crippen molar-refractivity contribution < 1.29 is 23.1 Å². The van der Waals surface area contributed by atoms with Crippen LogP contribution in [0.3, 0.4) is 0 Å². The van der Waals surface area contributed by atoms with E-state index in [0.29, 0.717) is 26.2 Å². The molecule has 8 heteroatoms. The summed E-state index contributed by atoms with van der Waals surface area (Å²) >= 11 is 0. The molecule has 0 atom stereocenters. The van der Waals surface area contributed by atoms with E-state index in [9.17, 15) is 23.1 Å². The Kier molecular flexibility index (Phi) is 5.67. The maximum absolute atomic E-state index is 12.6. The van der Waals surface area contributed by atoms with Crippen molar-refractivity contribution in [1.29, 1.82) is 0 Å². The summed E-state index contributed by atoms with van der Waals surface area (Å²) in [5, 5.41) is 9.18. The maximum atomic E-state index is 12.6. The highest BCUT2D eigenvalue weighted by Crippen LogP contribution is 2.42. The molecule has 1 heterocycles. The van der Waals surface area contributed by atoms with Gasteiger partial charge in [-0.05, 0) is 18.3 Å². The molecule has 132 valence electrons. The zero-order chi connectivity index (χ0) is 17.1. The molecule has 2 rings (SSSR count). The molecular weight excluding hydrogens is 320 g/mol. The van der Waals surface area contributed by atoms with Crippen LogP contribution in [0.15, 0.2) is 0 Å². The van der Waals surface area contributed by atoms with Gasteiger partial charge in [-0.3, -0.25) is 9.59 Å². The van der Waals surface area contributed by atoms with Crippen molar-refractivity contribution >= 4 is 21.9 Å². The zero-order valence-corrected chi connectivity index (χ0v) is 14.5. The highest BCUT2D eigenvalue weighted by Gasteiger charge is 2.38. The van der Waals surface area contributed by atoms with E-state index >= 15 is 0 Å². The summed E-state index contributed by atoms with van der Waals surface area (Å²) < 4.78 is 24.4. The number of nitrogens with zero attached hydrogens (tertiary/aromatic N) is 2. The van der Waals surface area contributed by atoms with E-state index in [0.717, 1.165) is 32.1 Å². The molecule has 1 saturated heterocycles. The molecule has 0 aromatic heterocycles. The molecule has 7 nitrogen and oxygen atoms in total. The van der Waals surface area contributed by atoms with Crippen molar-refractivity contribution in [3.05, 3.63) is 0 Å². The van der Waals surface area contributed by atoms with E-state index in [1.54, 1.807) is 4.90 Å². The lowest BCUT2D eigenvalue weighted by Gasteiger charge is -2.39. The minimum absolute atomic E-state index is 0.0405. The lowest BCUT2D eigenvalue weighted by molar-refractivity contribution is -0.143. The van der Waals surface area contributed by atoms with Gasteiger partial charge in [-0.25, -0.2) is 8.42 Å². The molecule has 1 saturated carbocycles. The number of carboxylic acid groups (broad SMARTS) is 1. The number of amides is 1. The van der Waals surface area contributed by atoms with Crippen LogP contribution in [0.1, 0.15) is 44.9 Å². The van der Waals surface area contributed by atoms with Crippen LogP contribution < -0.4 is 0 Å². The highest BCUT2D eigenvalue weighted by atomic mass is 32.2. The number of piperazine rings is 1. The minimum atomic E-state index is -3.21. The van der Waals surface area contributed by atoms with Crippen LogP contribution in [0.25, 0.3) is 0 Å². The van der Waals surface area contributed by atoms with Crippen LogP contribution in [0.4, 0.5) is 0 Å². The van der Waals surface area contributed by atoms with Crippen LogP contribution in [-0.4, -0.2) is 67.0 Å². The maximum Gasteiger partial charge on any atom is 0.303 e. The monoisotopic (exact) mass is 346 g/mol. The Balaban J connectivity index is 1.96. The largest absolute Gasteiger partial charge is 0.481 e. The molecule has 1 aliphatic heterocycles. The summed E-state index contributed by atoms with van der Waals surface area (Å²) in [5.41, 5.74) is -0.421. The van der Waals surface area contributed by atoms with Crippen LogP contribution in [0, 0.1) is 5.41 Å². The number of hydrogen-bond acceptors (Lipinski definition) is 4. The number of aliphatic carboxylic acids is 1. The molecule has 2 aliphatic rings. The van der Waals surface area contributed by atoms with Crippen molar-refractivity contribution in [2.75, 3.05) is 32.4 Å². The van der Waals surface area contributed by atoms with Crippen LogP contribution in [0.2, 0.25) is 0 Å². The Morgan fingerprint density at radius 2 is 1.57 bits per heavy atom. The molecule has 0 radical (unpaired) electrons. The quantitative estimate of drug-likeness (QED) is 0.798. The fraction of sp³-hybridized carbons (Fsp3) is 0.867.